The van der Waals surface area contributed by atoms with E-state index >= 15 is 0 Å². The summed E-state index contributed by atoms with van der Waals surface area (Å²) in [6.07, 6.45) is 4.20. The highest BCUT2D eigenvalue weighted by molar-refractivity contribution is 6.30. The summed E-state index contributed by atoms with van der Waals surface area (Å²) in [6.45, 7) is 5.90. The fourth-order valence-corrected chi connectivity index (χ4v) is 3.49. The van der Waals surface area contributed by atoms with E-state index in [2.05, 4.69) is 17.4 Å². The van der Waals surface area contributed by atoms with E-state index in [0.29, 0.717) is 12.5 Å². The third kappa shape index (κ3) is 5.48. The number of hydrogen-bond acceptors (Lipinski definition) is 3. The fourth-order valence-electron chi connectivity index (χ4n) is 3.31. The zero-order valence-electron chi connectivity index (χ0n) is 14.0. The second-order valence-electron chi connectivity index (χ2n) is 6.27. The molecular formula is C18H28ClN3O. The summed E-state index contributed by atoms with van der Waals surface area (Å²) in [4.78, 5) is 13.4. The Morgan fingerprint density at radius 3 is 2.74 bits per heavy atom. The molecule has 128 valence electrons. The summed E-state index contributed by atoms with van der Waals surface area (Å²) < 4.78 is 0. The van der Waals surface area contributed by atoms with Crippen molar-refractivity contribution in [3.05, 3.63) is 34.3 Å². The Labute approximate surface area is 144 Å². The van der Waals surface area contributed by atoms with Gasteiger partial charge in [-0.3, -0.25) is 4.79 Å². The zero-order valence-corrected chi connectivity index (χ0v) is 14.7. The van der Waals surface area contributed by atoms with E-state index in [9.17, 15) is 4.79 Å². The SMILES string of the molecule is CC(=O)N1CCC(c2cc(Cl)ccc2CCCNCCN)CC1. The van der Waals surface area contributed by atoms with E-state index in [1.165, 1.54) is 11.1 Å². The number of halogens is 1. The molecule has 0 bridgehead atoms. The number of piperidine rings is 1. The molecule has 5 heteroatoms. The maximum absolute atomic E-state index is 11.5. The highest BCUT2D eigenvalue weighted by atomic mass is 35.5. The van der Waals surface area contributed by atoms with Crippen LogP contribution in [0.4, 0.5) is 0 Å². The molecule has 0 spiro atoms. The zero-order chi connectivity index (χ0) is 16.7. The van der Waals surface area contributed by atoms with Crippen molar-refractivity contribution < 1.29 is 4.79 Å². The lowest BCUT2D eigenvalue weighted by molar-refractivity contribution is -0.129. The summed E-state index contributed by atoms with van der Waals surface area (Å²) in [5.74, 6) is 0.692. The molecular weight excluding hydrogens is 310 g/mol. The Hall–Kier alpha value is -1.10. The predicted octanol–water partition coefficient (Wildman–Crippen LogP) is 2.55. The molecule has 0 atom stereocenters. The number of nitrogens with zero attached hydrogens (tertiary/aromatic N) is 1. The van der Waals surface area contributed by atoms with Gasteiger partial charge in [-0.05, 0) is 61.4 Å². The number of nitrogens with one attached hydrogen (secondary N) is 1. The second-order valence-corrected chi connectivity index (χ2v) is 6.70. The van der Waals surface area contributed by atoms with Gasteiger partial charge in [-0.2, -0.15) is 0 Å². The summed E-state index contributed by atoms with van der Waals surface area (Å²) in [5, 5.41) is 4.14. The van der Waals surface area contributed by atoms with Gasteiger partial charge in [0.25, 0.3) is 0 Å². The largest absolute Gasteiger partial charge is 0.343 e. The number of rotatable bonds is 7. The molecule has 0 saturated carbocycles. The molecule has 1 aromatic carbocycles. The third-order valence-corrected chi connectivity index (χ3v) is 4.84. The third-order valence-electron chi connectivity index (χ3n) is 4.61. The lowest BCUT2D eigenvalue weighted by Gasteiger charge is -2.32. The normalized spacial score (nSPS) is 15.9. The number of benzene rings is 1. The Morgan fingerprint density at radius 2 is 2.09 bits per heavy atom. The van der Waals surface area contributed by atoms with Crippen LogP contribution in [0, 0.1) is 0 Å². The van der Waals surface area contributed by atoms with Crippen molar-refractivity contribution in [1.29, 1.82) is 0 Å². The molecule has 1 aliphatic heterocycles. The predicted molar refractivity (Wildman–Crippen MR) is 95.9 cm³/mol. The lowest BCUT2D eigenvalue weighted by Crippen LogP contribution is -2.36. The van der Waals surface area contributed by atoms with Crippen molar-refractivity contribution in [2.24, 2.45) is 5.73 Å². The van der Waals surface area contributed by atoms with Crippen LogP contribution in [0.2, 0.25) is 5.02 Å². The monoisotopic (exact) mass is 337 g/mol. The molecule has 2 rings (SSSR count). The summed E-state index contributed by atoms with van der Waals surface area (Å²) in [7, 11) is 0. The van der Waals surface area contributed by atoms with Crippen LogP contribution in [-0.4, -0.2) is 43.5 Å². The van der Waals surface area contributed by atoms with Crippen LogP contribution in [0.1, 0.15) is 43.2 Å². The van der Waals surface area contributed by atoms with Crippen LogP contribution in [0.25, 0.3) is 0 Å². The first-order valence-corrected chi connectivity index (χ1v) is 8.94. The van der Waals surface area contributed by atoms with E-state index in [1.807, 2.05) is 11.0 Å². The highest BCUT2D eigenvalue weighted by Gasteiger charge is 2.23. The average molecular weight is 338 g/mol. The topological polar surface area (TPSA) is 58.4 Å². The first kappa shape index (κ1) is 18.2. The van der Waals surface area contributed by atoms with Gasteiger partial charge in [-0.1, -0.05) is 17.7 Å². The molecule has 1 amide bonds. The summed E-state index contributed by atoms with van der Waals surface area (Å²) in [6, 6.07) is 6.27. The van der Waals surface area contributed by atoms with Gasteiger partial charge in [-0.15, -0.1) is 0 Å². The molecule has 1 saturated heterocycles. The van der Waals surface area contributed by atoms with Gasteiger partial charge in [0.1, 0.15) is 0 Å². The number of amides is 1. The van der Waals surface area contributed by atoms with Crippen LogP contribution < -0.4 is 11.1 Å². The van der Waals surface area contributed by atoms with Crippen LogP contribution in [0.15, 0.2) is 18.2 Å². The molecule has 3 N–H and O–H groups in total. The molecule has 1 aliphatic rings. The van der Waals surface area contributed by atoms with Crippen LogP contribution in [-0.2, 0) is 11.2 Å². The van der Waals surface area contributed by atoms with Crippen molar-refractivity contribution in [3.63, 3.8) is 0 Å². The summed E-state index contributed by atoms with van der Waals surface area (Å²) in [5.41, 5.74) is 8.26. The minimum Gasteiger partial charge on any atom is -0.343 e. The van der Waals surface area contributed by atoms with Gasteiger partial charge < -0.3 is 16.0 Å². The Morgan fingerprint density at radius 1 is 1.35 bits per heavy atom. The first-order chi connectivity index (χ1) is 11.1. The minimum atomic E-state index is 0.181. The first-order valence-electron chi connectivity index (χ1n) is 8.56. The molecule has 0 aromatic heterocycles. The maximum atomic E-state index is 11.5. The van der Waals surface area contributed by atoms with E-state index in [1.54, 1.807) is 6.92 Å². The number of aryl methyl sites for hydroxylation is 1. The Bertz CT molecular complexity index is 513. The van der Waals surface area contributed by atoms with Crippen molar-refractivity contribution in [2.75, 3.05) is 32.7 Å². The molecule has 0 aliphatic carbocycles. The van der Waals surface area contributed by atoms with E-state index in [-0.39, 0.29) is 5.91 Å². The molecule has 1 aromatic rings. The number of carbonyl (C=O) groups is 1. The summed E-state index contributed by atoms with van der Waals surface area (Å²) >= 11 is 6.23. The second kappa shape index (κ2) is 9.26. The van der Waals surface area contributed by atoms with Crippen LogP contribution in [0.3, 0.4) is 0 Å². The fraction of sp³-hybridized carbons (Fsp3) is 0.611. The van der Waals surface area contributed by atoms with Gasteiger partial charge in [-0.25, -0.2) is 0 Å². The van der Waals surface area contributed by atoms with Crippen LogP contribution in [0.5, 0.6) is 0 Å². The van der Waals surface area contributed by atoms with Crippen molar-refractivity contribution in [1.82, 2.24) is 10.2 Å². The van der Waals surface area contributed by atoms with Gasteiger partial charge in [0.05, 0.1) is 0 Å². The molecule has 0 radical (unpaired) electrons. The van der Waals surface area contributed by atoms with E-state index < -0.39 is 0 Å². The molecule has 1 fully saturated rings. The lowest BCUT2D eigenvalue weighted by atomic mass is 9.85. The number of nitrogens with two attached hydrogens (primary N) is 1. The molecule has 23 heavy (non-hydrogen) atoms. The van der Waals surface area contributed by atoms with Crippen molar-refractivity contribution >= 4 is 17.5 Å². The number of carbonyl (C=O) groups excluding carboxylic acids is 1. The van der Waals surface area contributed by atoms with Gasteiger partial charge >= 0.3 is 0 Å². The number of hydrogen-bond donors (Lipinski definition) is 2. The highest BCUT2D eigenvalue weighted by Crippen LogP contribution is 2.32. The Balaban J connectivity index is 1.97. The Kier molecular flexibility index (Phi) is 7.34. The van der Waals surface area contributed by atoms with Gasteiger partial charge in [0.2, 0.25) is 5.91 Å². The van der Waals surface area contributed by atoms with Gasteiger partial charge in [0, 0.05) is 38.1 Å². The van der Waals surface area contributed by atoms with Crippen molar-refractivity contribution in [3.8, 4) is 0 Å². The van der Waals surface area contributed by atoms with E-state index in [0.717, 1.165) is 56.9 Å². The molecule has 0 unspecified atom stereocenters. The average Bonchev–Trinajstić information content (AvgIpc) is 2.56. The van der Waals surface area contributed by atoms with Gasteiger partial charge in [0.15, 0.2) is 0 Å². The minimum absolute atomic E-state index is 0.181. The van der Waals surface area contributed by atoms with E-state index in [4.69, 9.17) is 17.3 Å². The molecule has 1 heterocycles. The molecule has 4 nitrogen and oxygen atoms in total. The van der Waals surface area contributed by atoms with Crippen molar-refractivity contribution in [2.45, 2.75) is 38.5 Å². The standard InChI is InChI=1S/C18H28ClN3O/c1-14(23)22-11-6-16(7-12-22)18-13-17(19)5-4-15(18)3-2-9-21-10-8-20/h4-5,13,16,21H,2-3,6-12,20H2,1H3. The smallest absolute Gasteiger partial charge is 0.219 e. The maximum Gasteiger partial charge on any atom is 0.219 e. The number of likely N-dealkylation sites (tertiary alicyclic amines) is 1. The van der Waals surface area contributed by atoms with Crippen LogP contribution >= 0.6 is 11.6 Å². The quantitative estimate of drug-likeness (QED) is 0.752.